The maximum Gasteiger partial charge on any atom is 0.488 e. The second-order valence-corrected chi connectivity index (χ2v) is 5.54. The molecule has 1 amide bonds. The summed E-state index contributed by atoms with van der Waals surface area (Å²) >= 11 is 0. The third-order valence-corrected chi connectivity index (χ3v) is 3.56. The van der Waals surface area contributed by atoms with Crippen LogP contribution in [0.5, 0.6) is 0 Å². The first-order chi connectivity index (χ1) is 10.5. The van der Waals surface area contributed by atoms with Crippen LogP contribution >= 0.6 is 0 Å². The normalized spacial score (nSPS) is 10.6. The minimum atomic E-state index is -1.47. The summed E-state index contributed by atoms with van der Waals surface area (Å²) in [6, 6.07) is 14.4. The van der Waals surface area contributed by atoms with Crippen molar-refractivity contribution in [2.45, 2.75) is 26.3 Å². The lowest BCUT2D eigenvalue weighted by atomic mass is 9.80. The van der Waals surface area contributed by atoms with Crippen LogP contribution in [0.3, 0.4) is 0 Å². The van der Waals surface area contributed by atoms with Crippen molar-refractivity contribution in [1.29, 1.82) is 0 Å². The minimum Gasteiger partial charge on any atom is -0.423 e. The van der Waals surface area contributed by atoms with Crippen molar-refractivity contribution in [3.05, 3.63) is 65.2 Å². The van der Waals surface area contributed by atoms with Crippen molar-refractivity contribution in [2.75, 3.05) is 0 Å². The Hall–Kier alpha value is -2.11. The van der Waals surface area contributed by atoms with Crippen molar-refractivity contribution in [3.63, 3.8) is 0 Å². The lowest BCUT2D eigenvalue weighted by Gasteiger charge is -2.12. The van der Waals surface area contributed by atoms with Gasteiger partial charge in [0.05, 0.1) is 0 Å². The number of hydrogen-bond donors (Lipinski definition) is 3. The predicted molar refractivity (Wildman–Crippen MR) is 88.0 cm³/mol. The highest BCUT2D eigenvalue weighted by Crippen LogP contribution is 2.19. The smallest absolute Gasteiger partial charge is 0.423 e. The van der Waals surface area contributed by atoms with E-state index in [-0.39, 0.29) is 11.8 Å². The molecule has 0 aliphatic heterocycles. The highest BCUT2D eigenvalue weighted by Gasteiger charge is 2.13. The highest BCUT2D eigenvalue weighted by atomic mass is 16.4. The molecule has 0 radical (unpaired) electrons. The summed E-state index contributed by atoms with van der Waals surface area (Å²) in [5.41, 5.74) is 3.05. The van der Waals surface area contributed by atoms with Crippen LogP contribution in [-0.4, -0.2) is 23.1 Å². The van der Waals surface area contributed by atoms with Crippen molar-refractivity contribution < 1.29 is 14.8 Å². The molecule has 114 valence electrons. The fourth-order valence-electron chi connectivity index (χ4n) is 2.29. The van der Waals surface area contributed by atoms with E-state index in [4.69, 9.17) is 10.0 Å². The second-order valence-electron chi connectivity index (χ2n) is 5.54. The Morgan fingerprint density at radius 1 is 1.09 bits per heavy atom. The fourth-order valence-corrected chi connectivity index (χ4v) is 2.29. The Balaban J connectivity index is 2.04. The Morgan fingerprint density at radius 3 is 2.32 bits per heavy atom. The lowest BCUT2D eigenvalue weighted by molar-refractivity contribution is 0.0949. The molecule has 5 heteroatoms. The third-order valence-electron chi connectivity index (χ3n) is 3.56. The number of benzene rings is 2. The van der Waals surface area contributed by atoms with E-state index < -0.39 is 7.12 Å². The largest absolute Gasteiger partial charge is 0.488 e. The molecule has 2 aromatic carbocycles. The van der Waals surface area contributed by atoms with Gasteiger partial charge in [-0.3, -0.25) is 4.79 Å². The molecule has 3 N–H and O–H groups in total. The summed E-state index contributed by atoms with van der Waals surface area (Å²) in [6.45, 7) is 4.52. The molecule has 0 saturated carbocycles. The quantitative estimate of drug-likeness (QED) is 0.731. The molecule has 0 aliphatic rings. The van der Waals surface area contributed by atoms with Gasteiger partial charge in [0.15, 0.2) is 0 Å². The van der Waals surface area contributed by atoms with Gasteiger partial charge in [-0.05, 0) is 28.6 Å². The molecule has 0 bridgehead atoms. The van der Waals surface area contributed by atoms with Crippen molar-refractivity contribution in [1.82, 2.24) is 5.32 Å². The molecule has 0 aliphatic carbocycles. The van der Waals surface area contributed by atoms with Crippen molar-refractivity contribution >= 4 is 18.5 Å². The average molecular weight is 297 g/mol. The Kier molecular flexibility index (Phi) is 5.36. The number of nitrogens with one attached hydrogen (secondary N) is 1. The molecular weight excluding hydrogens is 277 g/mol. The molecular formula is C17H20BNO3. The Bertz CT molecular complexity index is 639. The van der Waals surface area contributed by atoms with E-state index in [0.29, 0.717) is 17.6 Å². The highest BCUT2D eigenvalue weighted by molar-refractivity contribution is 6.58. The summed E-state index contributed by atoms with van der Waals surface area (Å²) in [6.07, 6.45) is 0. The van der Waals surface area contributed by atoms with E-state index >= 15 is 0 Å². The molecule has 2 rings (SSSR count). The van der Waals surface area contributed by atoms with Crippen LogP contribution in [0, 0.1) is 0 Å². The Morgan fingerprint density at radius 2 is 1.73 bits per heavy atom. The SMILES string of the molecule is CC(C)c1ccccc1C(=O)NCc1ccc(B(O)O)cc1. The first-order valence-electron chi connectivity index (χ1n) is 7.31. The first-order valence-corrected chi connectivity index (χ1v) is 7.31. The molecule has 0 spiro atoms. The maximum atomic E-state index is 12.3. The molecule has 0 atom stereocenters. The first kappa shape index (κ1) is 16.3. The van der Waals surface area contributed by atoms with Gasteiger partial charge in [0, 0.05) is 12.1 Å². The fraction of sp³-hybridized carbons (Fsp3) is 0.235. The average Bonchev–Trinajstić information content (AvgIpc) is 2.53. The number of hydrogen-bond acceptors (Lipinski definition) is 3. The van der Waals surface area contributed by atoms with Crippen LogP contribution < -0.4 is 10.8 Å². The van der Waals surface area contributed by atoms with Crippen LogP contribution in [0.2, 0.25) is 0 Å². The molecule has 0 saturated heterocycles. The molecule has 0 heterocycles. The van der Waals surface area contributed by atoms with Gasteiger partial charge in [-0.1, -0.05) is 56.3 Å². The molecule has 22 heavy (non-hydrogen) atoms. The van der Waals surface area contributed by atoms with Crippen molar-refractivity contribution in [3.8, 4) is 0 Å². The lowest BCUT2D eigenvalue weighted by Crippen LogP contribution is -2.30. The van der Waals surface area contributed by atoms with Crippen LogP contribution in [0.1, 0.15) is 41.3 Å². The summed E-state index contributed by atoms with van der Waals surface area (Å²) in [5, 5.41) is 21.0. The standard InChI is InChI=1S/C17H20BNO3/c1-12(2)15-5-3-4-6-16(15)17(20)19-11-13-7-9-14(10-8-13)18(21)22/h3-10,12,21-22H,11H2,1-2H3,(H,19,20). The van der Waals surface area contributed by atoms with Gasteiger partial charge in [-0.15, -0.1) is 0 Å². The van der Waals surface area contributed by atoms with E-state index in [1.807, 2.05) is 24.3 Å². The minimum absolute atomic E-state index is 0.101. The Labute approximate surface area is 131 Å². The van der Waals surface area contributed by atoms with Gasteiger partial charge < -0.3 is 15.4 Å². The van der Waals surface area contributed by atoms with Gasteiger partial charge in [0.1, 0.15) is 0 Å². The van der Waals surface area contributed by atoms with E-state index in [0.717, 1.165) is 11.1 Å². The second kappa shape index (κ2) is 7.25. The number of carbonyl (C=O) groups excluding carboxylic acids is 1. The zero-order valence-corrected chi connectivity index (χ0v) is 12.8. The molecule has 0 aromatic heterocycles. The zero-order valence-electron chi connectivity index (χ0n) is 12.8. The van der Waals surface area contributed by atoms with E-state index in [1.54, 1.807) is 24.3 Å². The number of rotatable bonds is 5. The van der Waals surface area contributed by atoms with Gasteiger partial charge in [-0.25, -0.2) is 0 Å². The summed E-state index contributed by atoms with van der Waals surface area (Å²) < 4.78 is 0. The summed E-state index contributed by atoms with van der Waals surface area (Å²) in [5.74, 6) is 0.183. The van der Waals surface area contributed by atoms with Crippen LogP contribution in [0.15, 0.2) is 48.5 Å². The van der Waals surface area contributed by atoms with Gasteiger partial charge >= 0.3 is 7.12 Å². The van der Waals surface area contributed by atoms with E-state index in [9.17, 15) is 4.79 Å². The van der Waals surface area contributed by atoms with Crippen LogP contribution in [0.25, 0.3) is 0 Å². The summed E-state index contributed by atoms with van der Waals surface area (Å²) in [4.78, 5) is 12.3. The van der Waals surface area contributed by atoms with Gasteiger partial charge in [-0.2, -0.15) is 0 Å². The molecule has 0 fully saturated rings. The summed E-state index contributed by atoms with van der Waals surface area (Å²) in [7, 11) is -1.47. The molecule has 0 unspecified atom stereocenters. The molecule has 2 aromatic rings. The maximum absolute atomic E-state index is 12.3. The van der Waals surface area contributed by atoms with E-state index in [1.165, 1.54) is 0 Å². The topological polar surface area (TPSA) is 69.6 Å². The van der Waals surface area contributed by atoms with E-state index in [2.05, 4.69) is 19.2 Å². The zero-order chi connectivity index (χ0) is 16.1. The monoisotopic (exact) mass is 297 g/mol. The predicted octanol–water partition coefficient (Wildman–Crippen LogP) is 1.42. The number of carbonyl (C=O) groups is 1. The number of amides is 1. The van der Waals surface area contributed by atoms with Crippen molar-refractivity contribution in [2.24, 2.45) is 0 Å². The van der Waals surface area contributed by atoms with Gasteiger partial charge in [0.25, 0.3) is 5.91 Å². The van der Waals surface area contributed by atoms with Gasteiger partial charge in [0.2, 0.25) is 0 Å². The third kappa shape index (κ3) is 3.96. The van der Waals surface area contributed by atoms with Crippen LogP contribution in [0.4, 0.5) is 0 Å². The molecule has 4 nitrogen and oxygen atoms in total. The van der Waals surface area contributed by atoms with Crippen LogP contribution in [-0.2, 0) is 6.54 Å².